The molecule has 1 heterocycles. The lowest BCUT2D eigenvalue weighted by atomic mass is 10.2. The Morgan fingerprint density at radius 3 is 3.05 bits per heavy atom. The van der Waals surface area contributed by atoms with Gasteiger partial charge in [-0.25, -0.2) is 0 Å². The van der Waals surface area contributed by atoms with E-state index < -0.39 is 6.10 Å². The molecular weight excluding hydrogens is 262 g/mol. The lowest BCUT2D eigenvalue weighted by molar-refractivity contribution is -0.118. The Morgan fingerprint density at radius 1 is 1.47 bits per heavy atom. The molecule has 6 heteroatoms. The van der Waals surface area contributed by atoms with Gasteiger partial charge < -0.3 is 10.4 Å². The first-order valence-corrected chi connectivity index (χ1v) is 6.93. The van der Waals surface area contributed by atoms with Gasteiger partial charge in [0.2, 0.25) is 5.91 Å². The molecule has 0 saturated carbocycles. The summed E-state index contributed by atoms with van der Waals surface area (Å²) < 4.78 is 0. The van der Waals surface area contributed by atoms with Crippen molar-refractivity contribution < 1.29 is 9.90 Å². The first-order valence-electron chi connectivity index (χ1n) is 5.95. The maximum Gasteiger partial charge on any atom is 0.230 e. The lowest BCUT2D eigenvalue weighted by Crippen LogP contribution is -2.31. The summed E-state index contributed by atoms with van der Waals surface area (Å²) in [5.74, 6) is 0.135. The van der Waals surface area contributed by atoms with Gasteiger partial charge in [-0.3, -0.25) is 4.79 Å². The van der Waals surface area contributed by atoms with Crippen molar-refractivity contribution in [3.63, 3.8) is 0 Å². The largest absolute Gasteiger partial charge is 0.392 e. The Morgan fingerprint density at radius 2 is 2.26 bits per heavy atom. The summed E-state index contributed by atoms with van der Waals surface area (Å²) in [6.45, 7) is 1.89. The Bertz CT molecular complexity index is 569. The van der Waals surface area contributed by atoms with E-state index >= 15 is 0 Å². The van der Waals surface area contributed by atoms with E-state index in [1.165, 1.54) is 11.8 Å². The smallest absolute Gasteiger partial charge is 0.230 e. The Balaban J connectivity index is 2.00. The predicted octanol–water partition coefficient (Wildman–Crippen LogP) is 1.22. The number of aliphatic hydroxyl groups excluding tert-OH is 1. The summed E-state index contributed by atoms with van der Waals surface area (Å²) in [5, 5.41) is 22.4. The quantitative estimate of drug-likeness (QED) is 0.804. The molecule has 19 heavy (non-hydrogen) atoms. The van der Waals surface area contributed by atoms with Crippen LogP contribution in [0.4, 0.5) is 0 Å². The molecule has 0 unspecified atom stereocenters. The minimum atomic E-state index is -0.536. The first kappa shape index (κ1) is 13.8. The highest BCUT2D eigenvalue weighted by Crippen LogP contribution is 2.24. The van der Waals surface area contributed by atoms with Crippen LogP contribution in [0.3, 0.4) is 0 Å². The van der Waals surface area contributed by atoms with Crippen LogP contribution < -0.4 is 5.32 Å². The van der Waals surface area contributed by atoms with Crippen LogP contribution in [0.5, 0.6) is 0 Å². The number of carbonyl (C=O) groups is 1. The van der Waals surface area contributed by atoms with Crippen molar-refractivity contribution in [3.8, 4) is 0 Å². The van der Waals surface area contributed by atoms with Crippen LogP contribution in [0.15, 0.2) is 35.5 Å². The second kappa shape index (κ2) is 6.49. The zero-order chi connectivity index (χ0) is 13.7. The highest BCUT2D eigenvalue weighted by molar-refractivity contribution is 8.00. The number of nitrogens with zero attached hydrogens (tertiary/aromatic N) is 2. The van der Waals surface area contributed by atoms with Crippen LogP contribution in [0.25, 0.3) is 10.8 Å². The van der Waals surface area contributed by atoms with Crippen molar-refractivity contribution >= 4 is 28.4 Å². The summed E-state index contributed by atoms with van der Waals surface area (Å²) in [5.41, 5.74) is 0. The molecular formula is C13H15N3O2S. The van der Waals surface area contributed by atoms with Gasteiger partial charge in [0, 0.05) is 17.3 Å². The topological polar surface area (TPSA) is 75.1 Å². The highest BCUT2D eigenvalue weighted by atomic mass is 32.2. The van der Waals surface area contributed by atoms with Crippen molar-refractivity contribution in [2.45, 2.75) is 18.1 Å². The molecule has 0 aliphatic rings. The predicted molar refractivity (Wildman–Crippen MR) is 75.0 cm³/mol. The zero-order valence-corrected chi connectivity index (χ0v) is 11.4. The van der Waals surface area contributed by atoms with Crippen LogP contribution in [-0.2, 0) is 4.79 Å². The second-order valence-corrected chi connectivity index (χ2v) is 5.14. The van der Waals surface area contributed by atoms with Gasteiger partial charge in [-0.05, 0) is 6.92 Å². The molecule has 0 bridgehead atoms. The standard InChI is InChI=1S/C13H15N3O2S/c1-9(17)6-14-12(18)8-19-13-11-5-3-2-4-10(11)7-15-16-13/h2-5,7,9,17H,6,8H2,1H3,(H,14,18)/t9-/m1/s1. The van der Waals surface area contributed by atoms with Gasteiger partial charge in [0.05, 0.1) is 18.1 Å². The monoisotopic (exact) mass is 277 g/mol. The third-order valence-corrected chi connectivity index (χ3v) is 3.45. The van der Waals surface area contributed by atoms with Crippen LogP contribution in [-0.4, -0.2) is 39.6 Å². The first-order chi connectivity index (χ1) is 9.16. The van der Waals surface area contributed by atoms with Gasteiger partial charge in [0.25, 0.3) is 0 Å². The Labute approximate surface area is 115 Å². The molecule has 100 valence electrons. The van der Waals surface area contributed by atoms with Gasteiger partial charge in [-0.15, -0.1) is 5.10 Å². The van der Waals surface area contributed by atoms with Crippen molar-refractivity contribution in [2.75, 3.05) is 12.3 Å². The van der Waals surface area contributed by atoms with Gasteiger partial charge in [0.15, 0.2) is 0 Å². The molecule has 5 nitrogen and oxygen atoms in total. The van der Waals surface area contributed by atoms with E-state index in [-0.39, 0.29) is 18.2 Å². The maximum absolute atomic E-state index is 11.6. The van der Waals surface area contributed by atoms with Crippen LogP contribution in [0.2, 0.25) is 0 Å². The van der Waals surface area contributed by atoms with E-state index in [0.717, 1.165) is 15.8 Å². The number of fused-ring (bicyclic) bond motifs is 1. The molecule has 1 aromatic carbocycles. The third kappa shape index (κ3) is 3.90. The van der Waals surface area contributed by atoms with Crippen molar-refractivity contribution in [2.24, 2.45) is 0 Å². The molecule has 1 amide bonds. The maximum atomic E-state index is 11.6. The number of hydrogen-bond acceptors (Lipinski definition) is 5. The summed E-state index contributed by atoms with van der Waals surface area (Å²) in [6.07, 6.45) is 1.17. The zero-order valence-electron chi connectivity index (χ0n) is 10.5. The second-order valence-electron chi connectivity index (χ2n) is 4.18. The van der Waals surface area contributed by atoms with Crippen LogP contribution in [0.1, 0.15) is 6.92 Å². The van der Waals surface area contributed by atoms with E-state index in [1.807, 2.05) is 24.3 Å². The molecule has 2 rings (SSSR count). The summed E-state index contributed by atoms with van der Waals surface area (Å²) >= 11 is 1.34. The molecule has 0 aliphatic heterocycles. The minimum Gasteiger partial charge on any atom is -0.392 e. The van der Waals surface area contributed by atoms with Gasteiger partial charge in [0.1, 0.15) is 5.03 Å². The normalized spacial score (nSPS) is 12.3. The number of hydrogen-bond donors (Lipinski definition) is 2. The molecule has 1 aromatic heterocycles. The summed E-state index contributed by atoms with van der Waals surface area (Å²) in [7, 11) is 0. The van der Waals surface area contributed by atoms with Crippen molar-refractivity contribution in [1.29, 1.82) is 0 Å². The summed E-state index contributed by atoms with van der Waals surface area (Å²) in [4.78, 5) is 11.6. The third-order valence-electron chi connectivity index (χ3n) is 2.47. The molecule has 0 saturated heterocycles. The molecule has 2 N–H and O–H groups in total. The van der Waals surface area contributed by atoms with Gasteiger partial charge in [-0.2, -0.15) is 5.10 Å². The molecule has 0 aliphatic carbocycles. The lowest BCUT2D eigenvalue weighted by Gasteiger charge is -2.07. The van der Waals surface area contributed by atoms with E-state index in [9.17, 15) is 4.79 Å². The number of nitrogens with one attached hydrogen (secondary N) is 1. The number of aliphatic hydroxyl groups is 1. The van der Waals surface area contributed by atoms with E-state index in [0.29, 0.717) is 0 Å². The molecule has 0 fully saturated rings. The van der Waals surface area contributed by atoms with Gasteiger partial charge >= 0.3 is 0 Å². The van der Waals surface area contributed by atoms with E-state index in [2.05, 4.69) is 15.5 Å². The van der Waals surface area contributed by atoms with Crippen LogP contribution in [0, 0.1) is 0 Å². The van der Waals surface area contributed by atoms with Crippen molar-refractivity contribution in [1.82, 2.24) is 15.5 Å². The fourth-order valence-corrected chi connectivity index (χ4v) is 2.37. The van der Waals surface area contributed by atoms with Crippen LogP contribution >= 0.6 is 11.8 Å². The number of rotatable bonds is 5. The highest BCUT2D eigenvalue weighted by Gasteiger charge is 2.08. The minimum absolute atomic E-state index is 0.124. The Kier molecular flexibility index (Phi) is 4.70. The van der Waals surface area contributed by atoms with E-state index in [1.54, 1.807) is 13.1 Å². The summed E-state index contributed by atoms with van der Waals surface area (Å²) in [6, 6.07) is 7.79. The Hall–Kier alpha value is -1.66. The number of aromatic nitrogens is 2. The van der Waals surface area contributed by atoms with Gasteiger partial charge in [-0.1, -0.05) is 36.0 Å². The number of benzene rings is 1. The van der Waals surface area contributed by atoms with Crippen molar-refractivity contribution in [3.05, 3.63) is 30.5 Å². The molecule has 1 atom stereocenters. The fraction of sp³-hybridized carbons (Fsp3) is 0.308. The molecule has 0 radical (unpaired) electrons. The number of carbonyl (C=O) groups excluding carboxylic acids is 1. The fourth-order valence-electron chi connectivity index (χ4n) is 1.55. The van der Waals surface area contributed by atoms with E-state index in [4.69, 9.17) is 5.11 Å². The average Bonchev–Trinajstić information content (AvgIpc) is 2.42. The SMILES string of the molecule is C[C@@H](O)CNC(=O)CSc1nncc2ccccc12. The number of amides is 1. The number of thioether (sulfide) groups is 1. The molecule has 2 aromatic rings. The average molecular weight is 277 g/mol. The molecule has 0 spiro atoms.